The Kier molecular flexibility index (Phi) is 6.05. The first-order chi connectivity index (χ1) is 11.2. The van der Waals surface area contributed by atoms with Crippen LogP contribution in [-0.4, -0.2) is 59.7 Å². The first kappa shape index (κ1) is 20.4. The lowest BCUT2D eigenvalue weighted by molar-refractivity contribution is 0.190. The van der Waals surface area contributed by atoms with Crippen molar-refractivity contribution in [2.45, 2.75) is 41.1 Å². The minimum absolute atomic E-state index is 0. The number of hydrogen-bond acceptors (Lipinski definition) is 6. The summed E-state index contributed by atoms with van der Waals surface area (Å²) >= 11 is 0. The highest BCUT2D eigenvalue weighted by molar-refractivity contribution is 7.91. The van der Waals surface area contributed by atoms with E-state index in [1.54, 1.807) is 0 Å². The smallest absolute Gasteiger partial charge is 0.246 e. The number of fused-ring (bicyclic) bond motifs is 2. The van der Waals surface area contributed by atoms with E-state index in [1.807, 2.05) is 0 Å². The van der Waals surface area contributed by atoms with E-state index >= 15 is 0 Å². The summed E-state index contributed by atoms with van der Waals surface area (Å²) in [5.74, 6) is 0.158. The number of hydrogen-bond donors (Lipinski definition) is 1. The molecule has 0 amide bonds. The number of rotatable bonds is 4. The number of nitrogens with one attached hydrogen (secondary N) is 1. The van der Waals surface area contributed by atoms with E-state index in [-0.39, 0.29) is 40.0 Å². The summed E-state index contributed by atoms with van der Waals surface area (Å²) in [4.78, 5) is -0.120. The zero-order valence-corrected chi connectivity index (χ0v) is 16.6. The number of ether oxygens (including phenoxy) is 1. The molecule has 2 saturated heterocycles. The first-order valence-electron chi connectivity index (χ1n) is 7.86. The van der Waals surface area contributed by atoms with Crippen molar-refractivity contribution in [1.82, 2.24) is 9.62 Å². The molecular formula is C15H23ClN2O5S2. The highest BCUT2D eigenvalue weighted by atomic mass is 35.5. The van der Waals surface area contributed by atoms with E-state index < -0.39 is 19.9 Å². The van der Waals surface area contributed by atoms with Gasteiger partial charge in [-0.25, -0.2) is 16.8 Å². The van der Waals surface area contributed by atoms with Crippen LogP contribution in [0.15, 0.2) is 28.0 Å². The molecule has 0 radical (unpaired) electrons. The Morgan fingerprint density at radius 2 is 1.72 bits per heavy atom. The number of sulfonamides is 1. The Hall–Kier alpha value is -0.870. The number of benzene rings is 1. The van der Waals surface area contributed by atoms with Crippen LogP contribution in [0.2, 0.25) is 0 Å². The molecule has 1 aromatic carbocycles. The van der Waals surface area contributed by atoms with E-state index in [4.69, 9.17) is 4.74 Å². The molecule has 7 nitrogen and oxygen atoms in total. The average molecular weight is 411 g/mol. The van der Waals surface area contributed by atoms with Crippen LogP contribution in [0.4, 0.5) is 0 Å². The van der Waals surface area contributed by atoms with Crippen molar-refractivity contribution in [3.8, 4) is 5.75 Å². The number of piperidine rings is 1. The van der Waals surface area contributed by atoms with Gasteiger partial charge in [0.25, 0.3) is 0 Å². The SMILES string of the molecule is COc1ccc(S(C)(=O)=O)cc1S(=O)(=O)N1CC2CCCC(C1)N2.Cl. The molecule has 0 saturated carbocycles. The fraction of sp³-hybridized carbons (Fsp3) is 0.600. The Balaban J connectivity index is 0.00000225. The highest BCUT2D eigenvalue weighted by Gasteiger charge is 2.37. The Bertz CT molecular complexity index is 829. The fourth-order valence-corrected chi connectivity index (χ4v) is 5.82. The molecule has 2 heterocycles. The van der Waals surface area contributed by atoms with Gasteiger partial charge < -0.3 is 10.1 Å². The maximum absolute atomic E-state index is 13.1. The molecule has 2 unspecified atom stereocenters. The molecule has 10 heteroatoms. The largest absolute Gasteiger partial charge is 0.495 e. The maximum atomic E-state index is 13.1. The van der Waals surface area contributed by atoms with E-state index in [2.05, 4.69) is 5.32 Å². The van der Waals surface area contributed by atoms with Gasteiger partial charge in [0.05, 0.1) is 12.0 Å². The van der Waals surface area contributed by atoms with Crippen LogP contribution in [0.1, 0.15) is 19.3 Å². The molecule has 2 aliphatic rings. The number of methoxy groups -OCH3 is 1. The Labute approximate surface area is 155 Å². The second kappa shape index (κ2) is 7.40. The molecule has 1 N–H and O–H groups in total. The van der Waals surface area contributed by atoms with Crippen LogP contribution >= 0.6 is 12.4 Å². The lowest BCUT2D eigenvalue weighted by Gasteiger charge is -2.41. The summed E-state index contributed by atoms with van der Waals surface area (Å²) in [6.07, 6.45) is 4.05. The summed E-state index contributed by atoms with van der Waals surface area (Å²) in [5, 5.41) is 3.44. The number of sulfone groups is 1. The molecular weight excluding hydrogens is 388 g/mol. The van der Waals surface area contributed by atoms with E-state index in [9.17, 15) is 16.8 Å². The van der Waals surface area contributed by atoms with Crippen molar-refractivity contribution < 1.29 is 21.6 Å². The van der Waals surface area contributed by atoms with Gasteiger partial charge >= 0.3 is 0 Å². The standard InChI is InChI=1S/C15H22N2O5S2.ClH/c1-22-14-7-6-13(23(2,18)19)8-15(14)24(20,21)17-9-11-4-3-5-12(10-17)16-11;/h6-8,11-12,16H,3-5,9-10H2,1-2H3;1H. The Morgan fingerprint density at radius 1 is 1.12 bits per heavy atom. The third-order valence-corrected chi connectivity index (χ3v) is 7.57. The van der Waals surface area contributed by atoms with Gasteiger partial charge in [-0.1, -0.05) is 6.42 Å². The highest BCUT2D eigenvalue weighted by Crippen LogP contribution is 2.31. The third kappa shape index (κ3) is 4.11. The van der Waals surface area contributed by atoms with Crippen molar-refractivity contribution >= 4 is 32.3 Å². The molecule has 2 aliphatic heterocycles. The monoisotopic (exact) mass is 410 g/mol. The van der Waals surface area contributed by atoms with Gasteiger partial charge in [-0.2, -0.15) is 4.31 Å². The molecule has 1 aromatic rings. The molecule has 0 spiro atoms. The summed E-state index contributed by atoms with van der Waals surface area (Å²) < 4.78 is 56.4. The lowest BCUT2D eigenvalue weighted by Crippen LogP contribution is -2.59. The van der Waals surface area contributed by atoms with Crippen LogP contribution in [0.5, 0.6) is 5.75 Å². The topological polar surface area (TPSA) is 92.8 Å². The second-order valence-electron chi connectivity index (χ2n) is 6.40. The molecule has 2 bridgehead atoms. The van der Waals surface area contributed by atoms with Crippen LogP contribution < -0.4 is 10.1 Å². The van der Waals surface area contributed by atoms with Gasteiger partial charge in [-0.05, 0) is 31.0 Å². The van der Waals surface area contributed by atoms with Gasteiger partial charge in [0.15, 0.2) is 9.84 Å². The minimum atomic E-state index is -3.83. The van der Waals surface area contributed by atoms with Crippen molar-refractivity contribution in [1.29, 1.82) is 0 Å². The average Bonchev–Trinajstić information content (AvgIpc) is 2.53. The zero-order valence-electron chi connectivity index (χ0n) is 14.1. The predicted octanol–water partition coefficient (Wildman–Crippen LogP) is 1.04. The van der Waals surface area contributed by atoms with Crippen molar-refractivity contribution in [3.05, 3.63) is 18.2 Å². The van der Waals surface area contributed by atoms with Gasteiger partial charge in [-0.15, -0.1) is 12.4 Å². The van der Waals surface area contributed by atoms with Crippen LogP contribution in [0.25, 0.3) is 0 Å². The summed E-state index contributed by atoms with van der Waals surface area (Å²) in [6, 6.07) is 4.25. The van der Waals surface area contributed by atoms with Crippen LogP contribution in [0.3, 0.4) is 0 Å². The van der Waals surface area contributed by atoms with Gasteiger partial charge in [0.2, 0.25) is 10.0 Å². The molecule has 0 aromatic heterocycles. The molecule has 25 heavy (non-hydrogen) atoms. The van der Waals surface area contributed by atoms with Gasteiger partial charge in [0, 0.05) is 31.4 Å². The summed E-state index contributed by atoms with van der Waals surface area (Å²) in [5.41, 5.74) is 0. The number of halogens is 1. The number of piperazine rings is 1. The summed E-state index contributed by atoms with van der Waals surface area (Å²) in [7, 11) is -5.96. The maximum Gasteiger partial charge on any atom is 0.246 e. The second-order valence-corrected chi connectivity index (χ2v) is 10.3. The van der Waals surface area contributed by atoms with E-state index in [1.165, 1.54) is 29.6 Å². The number of nitrogens with zero attached hydrogens (tertiary/aromatic N) is 1. The first-order valence-corrected chi connectivity index (χ1v) is 11.2. The van der Waals surface area contributed by atoms with Crippen LogP contribution in [0, 0.1) is 0 Å². The van der Waals surface area contributed by atoms with Crippen LogP contribution in [-0.2, 0) is 19.9 Å². The van der Waals surface area contributed by atoms with Crippen molar-refractivity contribution in [2.75, 3.05) is 26.5 Å². The minimum Gasteiger partial charge on any atom is -0.495 e. The lowest BCUT2D eigenvalue weighted by atomic mass is 9.96. The predicted molar refractivity (Wildman–Crippen MR) is 96.7 cm³/mol. The van der Waals surface area contributed by atoms with Crippen molar-refractivity contribution in [3.63, 3.8) is 0 Å². The van der Waals surface area contributed by atoms with E-state index in [0.29, 0.717) is 13.1 Å². The van der Waals surface area contributed by atoms with Gasteiger partial charge in [-0.3, -0.25) is 0 Å². The van der Waals surface area contributed by atoms with Crippen molar-refractivity contribution in [2.24, 2.45) is 0 Å². The fourth-order valence-electron chi connectivity index (χ4n) is 3.39. The normalized spacial score (nSPS) is 24.4. The molecule has 3 rings (SSSR count). The molecule has 142 valence electrons. The molecule has 2 fully saturated rings. The third-order valence-electron chi connectivity index (χ3n) is 4.61. The molecule has 0 aliphatic carbocycles. The van der Waals surface area contributed by atoms with E-state index in [0.717, 1.165) is 25.5 Å². The summed E-state index contributed by atoms with van der Waals surface area (Å²) in [6.45, 7) is 0.788. The molecule has 2 atom stereocenters. The van der Waals surface area contributed by atoms with Gasteiger partial charge in [0.1, 0.15) is 10.6 Å². The Morgan fingerprint density at radius 3 is 2.24 bits per heavy atom. The zero-order chi connectivity index (χ0) is 17.5. The quantitative estimate of drug-likeness (QED) is 0.797.